The number of halogens is 2. The van der Waals surface area contributed by atoms with Crippen molar-refractivity contribution in [1.29, 1.82) is 0 Å². The van der Waals surface area contributed by atoms with E-state index in [-0.39, 0.29) is 18.7 Å². The first-order valence-electron chi connectivity index (χ1n) is 9.18. The maximum atomic E-state index is 12.9. The van der Waals surface area contributed by atoms with E-state index in [2.05, 4.69) is 11.4 Å². The molecule has 2 aromatic rings. The van der Waals surface area contributed by atoms with Crippen LogP contribution >= 0.6 is 23.4 Å². The molecule has 0 amide bonds. The highest BCUT2D eigenvalue weighted by atomic mass is 35.5. The summed E-state index contributed by atoms with van der Waals surface area (Å²) in [5, 5.41) is 20.1. The first-order chi connectivity index (χ1) is 13.9. The Morgan fingerprint density at radius 3 is 2.24 bits per heavy atom. The smallest absolute Gasteiger partial charge is 0.303 e. The Morgan fingerprint density at radius 1 is 1.00 bits per heavy atom. The number of rotatable bonds is 6. The number of carboxylic acid groups (broad SMARTS) is 2. The highest BCUT2D eigenvalue weighted by Gasteiger charge is 2.14. The molecule has 1 aliphatic rings. The van der Waals surface area contributed by atoms with E-state index in [1.54, 1.807) is 11.8 Å². The monoisotopic (exact) mass is 439 g/mol. The summed E-state index contributed by atoms with van der Waals surface area (Å²) in [6.07, 6.45) is 1.49. The lowest BCUT2D eigenvalue weighted by atomic mass is 9.98. The van der Waals surface area contributed by atoms with Gasteiger partial charge in [-0.2, -0.15) is 0 Å². The van der Waals surface area contributed by atoms with Crippen LogP contribution in [0.15, 0.2) is 41.3 Å². The van der Waals surface area contributed by atoms with Gasteiger partial charge in [-0.1, -0.05) is 17.7 Å². The topological polar surface area (TPSA) is 86.6 Å². The maximum absolute atomic E-state index is 12.9. The van der Waals surface area contributed by atoms with Crippen molar-refractivity contribution in [2.75, 3.05) is 13.1 Å². The summed E-state index contributed by atoms with van der Waals surface area (Å²) in [5.41, 5.74) is 4.02. The zero-order valence-corrected chi connectivity index (χ0v) is 17.4. The fraction of sp³-hybridized carbons (Fsp3) is 0.333. The van der Waals surface area contributed by atoms with Crippen LogP contribution in [0.25, 0.3) is 0 Å². The fourth-order valence-electron chi connectivity index (χ4n) is 2.88. The number of fused-ring (bicyclic) bond motifs is 1. The summed E-state index contributed by atoms with van der Waals surface area (Å²) in [6.45, 7) is 2.03. The molecule has 1 heterocycles. The van der Waals surface area contributed by atoms with Crippen LogP contribution in [-0.4, -0.2) is 35.2 Å². The average molecular weight is 440 g/mol. The fourth-order valence-corrected chi connectivity index (χ4v) is 4.17. The molecule has 0 unspecified atom stereocenters. The summed E-state index contributed by atoms with van der Waals surface area (Å²) in [5.74, 6) is -1.52. The Hall–Kier alpha value is -2.09. The van der Waals surface area contributed by atoms with Crippen LogP contribution in [0.4, 0.5) is 4.39 Å². The zero-order valence-electron chi connectivity index (χ0n) is 15.8. The number of aliphatic carboxylic acids is 2. The molecule has 0 spiro atoms. The van der Waals surface area contributed by atoms with Gasteiger partial charge in [-0.15, -0.1) is 11.8 Å². The number of thioether (sulfide) groups is 1. The molecule has 0 atom stereocenters. The predicted molar refractivity (Wildman–Crippen MR) is 112 cm³/mol. The standard InChI is InChI=1S/C17H17ClFNS.C4H6O4/c18-17-6-1-12-7-9-20-10-8-15(12)16(17)11-21-14-4-2-13(19)3-5-14;5-3(6)1-2-4(7)8/h1-6,20H,7-11H2;1-2H2,(H,5,6)(H,7,8). The predicted octanol–water partition coefficient (Wildman–Crippen LogP) is 4.40. The number of hydrogen-bond donors (Lipinski definition) is 3. The molecule has 156 valence electrons. The summed E-state index contributed by atoms with van der Waals surface area (Å²) in [7, 11) is 0. The Morgan fingerprint density at radius 2 is 1.62 bits per heavy atom. The normalized spacial score (nSPS) is 12.9. The van der Waals surface area contributed by atoms with Crippen molar-refractivity contribution in [3.63, 3.8) is 0 Å². The lowest BCUT2D eigenvalue weighted by molar-refractivity contribution is -0.143. The van der Waals surface area contributed by atoms with Gasteiger partial charge in [0.1, 0.15) is 5.82 Å². The average Bonchev–Trinajstić information content (AvgIpc) is 2.93. The van der Waals surface area contributed by atoms with Crippen molar-refractivity contribution < 1.29 is 24.2 Å². The largest absolute Gasteiger partial charge is 0.481 e. The highest BCUT2D eigenvalue weighted by Crippen LogP contribution is 2.32. The van der Waals surface area contributed by atoms with Crippen molar-refractivity contribution in [2.24, 2.45) is 0 Å². The molecule has 0 bridgehead atoms. The molecule has 0 aliphatic carbocycles. The van der Waals surface area contributed by atoms with Crippen LogP contribution < -0.4 is 5.32 Å². The van der Waals surface area contributed by atoms with E-state index in [1.165, 1.54) is 28.8 Å². The van der Waals surface area contributed by atoms with Gasteiger partial charge in [0.2, 0.25) is 0 Å². The molecule has 0 aromatic heterocycles. The van der Waals surface area contributed by atoms with Gasteiger partial charge >= 0.3 is 11.9 Å². The highest BCUT2D eigenvalue weighted by molar-refractivity contribution is 7.98. The van der Waals surface area contributed by atoms with Crippen molar-refractivity contribution >= 4 is 35.3 Å². The Kier molecular flexibility index (Phi) is 9.44. The zero-order chi connectivity index (χ0) is 21.2. The molecule has 0 saturated carbocycles. The molecule has 8 heteroatoms. The number of carboxylic acids is 2. The minimum atomic E-state index is -1.08. The SMILES string of the molecule is Fc1ccc(SCc2c(Cl)ccc3c2CCNCC3)cc1.O=C(O)CCC(=O)O. The molecule has 3 rings (SSSR count). The second-order valence-corrected chi connectivity index (χ2v) is 7.90. The summed E-state index contributed by atoms with van der Waals surface area (Å²) < 4.78 is 12.9. The van der Waals surface area contributed by atoms with Gasteiger partial charge in [-0.3, -0.25) is 9.59 Å². The van der Waals surface area contributed by atoms with Gasteiger partial charge in [0.25, 0.3) is 0 Å². The summed E-state index contributed by atoms with van der Waals surface area (Å²) in [4.78, 5) is 20.3. The molecule has 0 radical (unpaired) electrons. The molecular formula is C21H23ClFNO4S. The Balaban J connectivity index is 0.000000321. The number of benzene rings is 2. The molecular weight excluding hydrogens is 417 g/mol. The maximum Gasteiger partial charge on any atom is 0.303 e. The number of nitrogens with one attached hydrogen (secondary N) is 1. The van der Waals surface area contributed by atoms with Gasteiger partial charge in [-0.05, 0) is 73.0 Å². The van der Waals surface area contributed by atoms with Gasteiger partial charge in [0, 0.05) is 15.7 Å². The van der Waals surface area contributed by atoms with Crippen LogP contribution in [0.5, 0.6) is 0 Å². The first-order valence-corrected chi connectivity index (χ1v) is 10.5. The third-order valence-electron chi connectivity index (χ3n) is 4.34. The quantitative estimate of drug-likeness (QED) is 0.578. The number of carbonyl (C=O) groups is 2. The molecule has 5 nitrogen and oxygen atoms in total. The van der Waals surface area contributed by atoms with E-state index >= 15 is 0 Å². The van der Waals surface area contributed by atoms with Crippen molar-refractivity contribution in [3.8, 4) is 0 Å². The van der Waals surface area contributed by atoms with Gasteiger partial charge < -0.3 is 15.5 Å². The van der Waals surface area contributed by atoms with Crippen LogP contribution in [0.2, 0.25) is 5.02 Å². The third-order valence-corrected chi connectivity index (χ3v) is 5.74. The third kappa shape index (κ3) is 8.04. The molecule has 3 N–H and O–H groups in total. The molecule has 2 aromatic carbocycles. The van der Waals surface area contributed by atoms with E-state index < -0.39 is 11.9 Å². The van der Waals surface area contributed by atoms with Crippen LogP contribution in [0, 0.1) is 5.82 Å². The Bertz CT molecular complexity index is 831. The summed E-state index contributed by atoms with van der Waals surface area (Å²) >= 11 is 8.12. The minimum Gasteiger partial charge on any atom is -0.481 e. The molecule has 0 saturated heterocycles. The Labute approximate surface area is 178 Å². The van der Waals surface area contributed by atoms with E-state index in [0.29, 0.717) is 0 Å². The second-order valence-electron chi connectivity index (χ2n) is 6.44. The number of hydrogen-bond acceptors (Lipinski definition) is 4. The lowest BCUT2D eigenvalue weighted by Crippen LogP contribution is -2.16. The van der Waals surface area contributed by atoms with E-state index in [0.717, 1.165) is 41.6 Å². The van der Waals surface area contributed by atoms with E-state index in [9.17, 15) is 14.0 Å². The van der Waals surface area contributed by atoms with Gasteiger partial charge in [0.05, 0.1) is 12.8 Å². The van der Waals surface area contributed by atoms with Crippen molar-refractivity contribution in [2.45, 2.75) is 36.3 Å². The minimum absolute atomic E-state index is 0.197. The van der Waals surface area contributed by atoms with Crippen molar-refractivity contribution in [1.82, 2.24) is 5.32 Å². The van der Waals surface area contributed by atoms with Crippen molar-refractivity contribution in [3.05, 3.63) is 63.9 Å². The second kappa shape index (κ2) is 11.8. The van der Waals surface area contributed by atoms with Gasteiger partial charge in [-0.25, -0.2) is 4.39 Å². The molecule has 0 fully saturated rings. The molecule has 1 aliphatic heterocycles. The van der Waals surface area contributed by atoms with E-state index in [1.807, 2.05) is 18.2 Å². The van der Waals surface area contributed by atoms with Gasteiger partial charge in [0.15, 0.2) is 0 Å². The van der Waals surface area contributed by atoms with E-state index in [4.69, 9.17) is 21.8 Å². The molecule has 29 heavy (non-hydrogen) atoms. The lowest BCUT2D eigenvalue weighted by Gasteiger charge is -2.14. The van der Waals surface area contributed by atoms with Crippen LogP contribution in [0.1, 0.15) is 29.5 Å². The first kappa shape index (κ1) is 23.2. The van der Waals surface area contributed by atoms with Crippen LogP contribution in [-0.2, 0) is 28.2 Å². The summed E-state index contributed by atoms with van der Waals surface area (Å²) in [6, 6.07) is 10.8. The van der Waals surface area contributed by atoms with Crippen LogP contribution in [0.3, 0.4) is 0 Å².